The molecule has 1 aromatic heterocycles. The highest BCUT2D eigenvalue weighted by Gasteiger charge is 2.23. The fraction of sp³-hybridized carbons (Fsp3) is 0.667. The molecule has 2 rings (SSSR count). The average Bonchev–Trinajstić information content (AvgIpc) is 2.69. The van der Waals surface area contributed by atoms with Gasteiger partial charge in [-0.1, -0.05) is 0 Å². The minimum atomic E-state index is 0.225. The van der Waals surface area contributed by atoms with Gasteiger partial charge in [0, 0.05) is 23.0 Å². The average molecular weight is 263 g/mol. The predicted molar refractivity (Wildman–Crippen MR) is 77.7 cm³/mol. The molecule has 1 aliphatic rings. The molecule has 0 unspecified atom stereocenters. The molecule has 0 spiro atoms. The van der Waals surface area contributed by atoms with E-state index in [4.69, 9.17) is 0 Å². The summed E-state index contributed by atoms with van der Waals surface area (Å²) in [6.07, 6.45) is 2.32. The zero-order valence-corrected chi connectivity index (χ0v) is 12.5. The van der Waals surface area contributed by atoms with Crippen molar-refractivity contribution in [2.45, 2.75) is 32.7 Å². The molecule has 1 aromatic rings. The number of hydrogen-bond acceptors (Lipinski definition) is 3. The van der Waals surface area contributed by atoms with Crippen molar-refractivity contribution in [3.05, 3.63) is 23.0 Å². The molecule has 106 valence electrons. The van der Waals surface area contributed by atoms with Gasteiger partial charge in [0.1, 0.15) is 0 Å². The summed E-state index contributed by atoms with van der Waals surface area (Å²) in [6.45, 7) is 6.74. The maximum Gasteiger partial charge on any atom is 0.178 e. The molecule has 0 saturated carbocycles. The second-order valence-electron chi connectivity index (χ2n) is 5.86. The molecule has 4 nitrogen and oxygen atoms in total. The Labute approximate surface area is 115 Å². The summed E-state index contributed by atoms with van der Waals surface area (Å²) in [5.74, 6) is 0.225. The van der Waals surface area contributed by atoms with Crippen molar-refractivity contribution < 1.29 is 4.79 Å². The summed E-state index contributed by atoms with van der Waals surface area (Å²) in [4.78, 5) is 20.1. The molecule has 0 amide bonds. The van der Waals surface area contributed by atoms with Gasteiger partial charge in [0.2, 0.25) is 0 Å². The Morgan fingerprint density at radius 2 is 2.05 bits per heavy atom. The van der Waals surface area contributed by atoms with Crippen LogP contribution in [0.15, 0.2) is 6.07 Å². The quantitative estimate of drug-likeness (QED) is 0.843. The van der Waals surface area contributed by atoms with E-state index in [1.165, 1.54) is 0 Å². The third-order valence-corrected chi connectivity index (χ3v) is 4.15. The molecular weight excluding hydrogens is 238 g/mol. The van der Waals surface area contributed by atoms with Crippen molar-refractivity contribution in [1.29, 1.82) is 0 Å². The van der Waals surface area contributed by atoms with Crippen LogP contribution in [-0.2, 0) is 0 Å². The Morgan fingerprint density at radius 3 is 2.58 bits per heavy atom. The van der Waals surface area contributed by atoms with E-state index in [0.717, 1.165) is 42.9 Å². The zero-order valence-electron chi connectivity index (χ0n) is 12.5. The molecule has 19 heavy (non-hydrogen) atoms. The van der Waals surface area contributed by atoms with Crippen molar-refractivity contribution in [2.24, 2.45) is 0 Å². The van der Waals surface area contributed by atoms with Crippen LogP contribution >= 0.6 is 0 Å². The lowest BCUT2D eigenvalue weighted by atomic mass is 10.0. The number of carbonyl (C=O) groups is 1. The summed E-state index contributed by atoms with van der Waals surface area (Å²) in [6, 6.07) is 2.50. The Balaban J connectivity index is 1.93. The van der Waals surface area contributed by atoms with E-state index in [9.17, 15) is 4.79 Å². The first-order valence-corrected chi connectivity index (χ1v) is 7.05. The minimum Gasteiger partial charge on any atom is -0.362 e. The number of nitrogens with one attached hydrogen (secondary N) is 1. The Hall–Kier alpha value is -1.13. The van der Waals surface area contributed by atoms with Crippen LogP contribution in [0.5, 0.6) is 0 Å². The number of H-pyrrole nitrogens is 1. The van der Waals surface area contributed by atoms with Gasteiger partial charge >= 0.3 is 0 Å². The second-order valence-corrected chi connectivity index (χ2v) is 5.86. The highest BCUT2D eigenvalue weighted by Crippen LogP contribution is 2.16. The number of hydrogen-bond donors (Lipinski definition) is 1. The van der Waals surface area contributed by atoms with Crippen LogP contribution in [0.3, 0.4) is 0 Å². The number of aromatic amines is 1. The van der Waals surface area contributed by atoms with E-state index in [-0.39, 0.29) is 5.78 Å². The first-order chi connectivity index (χ1) is 8.97. The Bertz CT molecular complexity index is 444. The zero-order chi connectivity index (χ0) is 14.0. The van der Waals surface area contributed by atoms with E-state index in [1.807, 2.05) is 19.9 Å². The molecule has 0 aromatic carbocycles. The number of Topliss-reactive ketones (excluding diaryl/α,β-unsaturated/α-hetero) is 1. The van der Waals surface area contributed by atoms with Gasteiger partial charge in [-0.3, -0.25) is 9.69 Å². The molecular formula is C15H25N3O. The van der Waals surface area contributed by atoms with Crippen LogP contribution in [0.2, 0.25) is 0 Å². The van der Waals surface area contributed by atoms with Crippen LogP contribution < -0.4 is 0 Å². The van der Waals surface area contributed by atoms with E-state index >= 15 is 0 Å². The van der Waals surface area contributed by atoms with Crippen molar-refractivity contribution >= 4 is 5.78 Å². The standard InChI is InChI=1S/C15H25N3O/c1-11-9-14(12(2)16-11)15(19)10-18(4)13-5-7-17(3)8-6-13/h9,13,16H,5-8,10H2,1-4H3. The molecule has 0 radical (unpaired) electrons. The number of aromatic nitrogens is 1. The van der Waals surface area contributed by atoms with E-state index in [0.29, 0.717) is 12.6 Å². The van der Waals surface area contributed by atoms with E-state index in [1.54, 1.807) is 0 Å². The molecule has 4 heteroatoms. The van der Waals surface area contributed by atoms with Crippen molar-refractivity contribution in [3.8, 4) is 0 Å². The third kappa shape index (κ3) is 3.45. The SMILES string of the molecule is Cc1cc(C(=O)CN(C)C2CCN(C)CC2)c(C)[nH]1. The lowest BCUT2D eigenvalue weighted by Gasteiger charge is -2.34. The third-order valence-electron chi connectivity index (χ3n) is 4.15. The predicted octanol–water partition coefficient (Wildman–Crippen LogP) is 1.84. The normalized spacial score (nSPS) is 18.2. The molecule has 0 atom stereocenters. The number of nitrogens with zero attached hydrogens (tertiary/aromatic N) is 2. The van der Waals surface area contributed by atoms with Gasteiger partial charge in [-0.15, -0.1) is 0 Å². The summed E-state index contributed by atoms with van der Waals surface area (Å²) < 4.78 is 0. The fourth-order valence-electron chi connectivity index (χ4n) is 2.89. The van der Waals surface area contributed by atoms with Crippen LogP contribution in [-0.4, -0.2) is 60.3 Å². The van der Waals surface area contributed by atoms with Gasteiger partial charge in [0.15, 0.2) is 5.78 Å². The van der Waals surface area contributed by atoms with Gasteiger partial charge in [0.05, 0.1) is 6.54 Å². The molecule has 1 N–H and O–H groups in total. The maximum absolute atomic E-state index is 12.3. The number of ketones is 1. The summed E-state index contributed by atoms with van der Waals surface area (Å²) >= 11 is 0. The molecule has 2 heterocycles. The molecule has 0 bridgehead atoms. The number of likely N-dealkylation sites (N-methyl/N-ethyl adjacent to an activating group) is 1. The lowest BCUT2D eigenvalue weighted by Crippen LogP contribution is -2.43. The van der Waals surface area contributed by atoms with Gasteiger partial charge in [0.25, 0.3) is 0 Å². The van der Waals surface area contributed by atoms with Gasteiger partial charge in [-0.25, -0.2) is 0 Å². The topological polar surface area (TPSA) is 39.3 Å². The monoisotopic (exact) mass is 263 g/mol. The number of rotatable bonds is 4. The van der Waals surface area contributed by atoms with E-state index in [2.05, 4.69) is 28.9 Å². The van der Waals surface area contributed by atoms with Crippen molar-refractivity contribution in [3.63, 3.8) is 0 Å². The maximum atomic E-state index is 12.3. The number of likely N-dealkylation sites (tertiary alicyclic amines) is 1. The van der Waals surface area contributed by atoms with Gasteiger partial charge < -0.3 is 9.88 Å². The Morgan fingerprint density at radius 1 is 1.42 bits per heavy atom. The van der Waals surface area contributed by atoms with Gasteiger partial charge in [-0.05, 0) is 59.9 Å². The largest absolute Gasteiger partial charge is 0.362 e. The smallest absolute Gasteiger partial charge is 0.178 e. The first-order valence-electron chi connectivity index (χ1n) is 7.05. The summed E-state index contributed by atoms with van der Waals surface area (Å²) in [5, 5.41) is 0. The van der Waals surface area contributed by atoms with Crippen LogP contribution in [0.1, 0.15) is 34.6 Å². The van der Waals surface area contributed by atoms with Crippen molar-refractivity contribution in [2.75, 3.05) is 33.7 Å². The second kappa shape index (κ2) is 5.88. The van der Waals surface area contributed by atoms with Crippen molar-refractivity contribution in [1.82, 2.24) is 14.8 Å². The Kier molecular flexibility index (Phi) is 4.42. The van der Waals surface area contributed by atoms with Crippen LogP contribution in [0.25, 0.3) is 0 Å². The van der Waals surface area contributed by atoms with Gasteiger partial charge in [-0.2, -0.15) is 0 Å². The van der Waals surface area contributed by atoms with Crippen LogP contribution in [0.4, 0.5) is 0 Å². The molecule has 1 saturated heterocycles. The van der Waals surface area contributed by atoms with E-state index < -0.39 is 0 Å². The lowest BCUT2D eigenvalue weighted by molar-refractivity contribution is 0.0871. The fourth-order valence-corrected chi connectivity index (χ4v) is 2.89. The molecule has 0 aliphatic carbocycles. The first kappa shape index (κ1) is 14.3. The molecule has 1 fully saturated rings. The summed E-state index contributed by atoms with van der Waals surface area (Å²) in [7, 11) is 4.23. The summed E-state index contributed by atoms with van der Waals surface area (Å²) in [5.41, 5.74) is 2.89. The number of carbonyl (C=O) groups excluding carboxylic acids is 1. The molecule has 1 aliphatic heterocycles. The highest BCUT2D eigenvalue weighted by molar-refractivity contribution is 5.98. The highest BCUT2D eigenvalue weighted by atomic mass is 16.1. The van der Waals surface area contributed by atoms with Crippen LogP contribution in [0, 0.1) is 13.8 Å². The minimum absolute atomic E-state index is 0.225. The number of piperidine rings is 1. The number of aryl methyl sites for hydroxylation is 2.